The quantitative estimate of drug-likeness (QED) is 0.369. The van der Waals surface area contributed by atoms with Crippen LogP contribution in [0, 0.1) is 0 Å². The number of methoxy groups -OCH3 is 1. The van der Waals surface area contributed by atoms with E-state index >= 15 is 0 Å². The highest BCUT2D eigenvalue weighted by molar-refractivity contribution is 5.96. The maximum atomic E-state index is 11.5. The second kappa shape index (κ2) is 10.5. The summed E-state index contributed by atoms with van der Waals surface area (Å²) in [6.45, 7) is 1.66. The molecule has 3 aromatic rings. The Morgan fingerprint density at radius 2 is 2.03 bits per heavy atom. The maximum absolute atomic E-state index is 11.5. The zero-order chi connectivity index (χ0) is 24.9. The molecule has 1 saturated heterocycles. The van der Waals surface area contributed by atoms with Crippen LogP contribution in [0.3, 0.4) is 0 Å². The van der Waals surface area contributed by atoms with Crippen molar-refractivity contribution in [1.29, 1.82) is 0 Å². The van der Waals surface area contributed by atoms with E-state index in [1.54, 1.807) is 37.0 Å². The predicted octanol–water partition coefficient (Wildman–Crippen LogP) is 3.26. The smallest absolute Gasteiger partial charge is 0.475 e. The van der Waals surface area contributed by atoms with Crippen molar-refractivity contribution in [1.82, 2.24) is 15.4 Å². The molecule has 0 aliphatic carbocycles. The number of aliphatic carboxylic acids is 1. The highest BCUT2D eigenvalue weighted by Gasteiger charge is 2.38. The van der Waals surface area contributed by atoms with Crippen LogP contribution in [0.2, 0.25) is 0 Å². The first kappa shape index (κ1) is 24.9. The number of anilines is 1. The molecule has 1 amide bonds. The van der Waals surface area contributed by atoms with Crippen molar-refractivity contribution < 1.29 is 42.2 Å². The van der Waals surface area contributed by atoms with E-state index in [2.05, 4.69) is 14.9 Å². The van der Waals surface area contributed by atoms with E-state index in [1.807, 2.05) is 12.1 Å². The van der Waals surface area contributed by atoms with Gasteiger partial charge in [-0.05, 0) is 43.2 Å². The fourth-order valence-electron chi connectivity index (χ4n) is 3.44. The Labute approximate surface area is 190 Å². The van der Waals surface area contributed by atoms with Crippen LogP contribution in [0.1, 0.15) is 23.2 Å². The average Bonchev–Trinajstić information content (AvgIpc) is 3.45. The van der Waals surface area contributed by atoms with Gasteiger partial charge in [0.25, 0.3) is 5.91 Å². The number of carboxylic acid groups (broad SMARTS) is 1. The Morgan fingerprint density at radius 3 is 2.62 bits per heavy atom. The Morgan fingerprint density at radius 1 is 1.29 bits per heavy atom. The summed E-state index contributed by atoms with van der Waals surface area (Å²) >= 11 is 0. The number of amides is 1. The molecule has 0 saturated carbocycles. The lowest BCUT2D eigenvalue weighted by Crippen LogP contribution is -2.33. The molecule has 1 atom stereocenters. The zero-order valence-electron chi connectivity index (χ0n) is 17.9. The van der Waals surface area contributed by atoms with Crippen LogP contribution in [-0.4, -0.2) is 64.6 Å². The molecule has 10 nitrogen and oxygen atoms in total. The number of halogens is 3. The number of nitrogens with one attached hydrogen (secondary N) is 1. The van der Waals surface area contributed by atoms with Gasteiger partial charge in [0.1, 0.15) is 11.3 Å². The molecule has 182 valence electrons. The molecule has 0 unspecified atom stereocenters. The van der Waals surface area contributed by atoms with Gasteiger partial charge in [-0.2, -0.15) is 13.2 Å². The first-order valence-corrected chi connectivity index (χ1v) is 10.0. The number of hydroxylamine groups is 1. The third-order valence-corrected chi connectivity index (χ3v) is 5.02. The summed E-state index contributed by atoms with van der Waals surface area (Å²) in [6, 6.07) is 9.02. The van der Waals surface area contributed by atoms with Crippen molar-refractivity contribution in [2.75, 3.05) is 25.2 Å². The standard InChI is InChI=1S/C19H20N4O4.C2HF3O2/c1-26-11-14-3-2-8-23(14)17-7-5-13(10-20-17)19-21-15-9-12(18(24)22-25)4-6-16(15)27-19;3-2(4,5)1(6)7/h4-7,9-10,14,25H,2-3,8,11H2,1H3,(H,22,24);(H,6,7)/t14-;/m1./s1. The number of rotatable bonds is 5. The molecule has 3 heterocycles. The van der Waals surface area contributed by atoms with Crippen molar-refractivity contribution in [3.8, 4) is 11.5 Å². The van der Waals surface area contributed by atoms with Gasteiger partial charge in [0.15, 0.2) is 5.58 Å². The summed E-state index contributed by atoms with van der Waals surface area (Å²) in [5.74, 6) is -2.01. The van der Waals surface area contributed by atoms with Crippen molar-refractivity contribution in [3.05, 3.63) is 42.1 Å². The van der Waals surface area contributed by atoms with Gasteiger partial charge in [0.2, 0.25) is 5.89 Å². The molecule has 1 fully saturated rings. The molecule has 2 aromatic heterocycles. The number of alkyl halides is 3. The maximum Gasteiger partial charge on any atom is 0.490 e. The fourth-order valence-corrected chi connectivity index (χ4v) is 3.44. The second-order valence-electron chi connectivity index (χ2n) is 7.30. The highest BCUT2D eigenvalue weighted by atomic mass is 19.4. The Balaban J connectivity index is 0.000000406. The van der Waals surface area contributed by atoms with Crippen LogP contribution in [-0.2, 0) is 9.53 Å². The molecule has 13 heteroatoms. The van der Waals surface area contributed by atoms with Crippen LogP contribution >= 0.6 is 0 Å². The van der Waals surface area contributed by atoms with Crippen molar-refractivity contribution in [2.24, 2.45) is 0 Å². The number of benzene rings is 1. The lowest BCUT2D eigenvalue weighted by atomic mass is 10.2. The van der Waals surface area contributed by atoms with E-state index in [0.29, 0.717) is 35.2 Å². The summed E-state index contributed by atoms with van der Waals surface area (Å²) in [5.41, 5.74) is 3.76. The van der Waals surface area contributed by atoms with E-state index < -0.39 is 18.1 Å². The minimum absolute atomic E-state index is 0.302. The molecule has 1 aromatic carbocycles. The van der Waals surface area contributed by atoms with E-state index in [9.17, 15) is 18.0 Å². The SMILES string of the molecule is COC[C@H]1CCCN1c1ccc(-c2nc3cc(C(=O)NO)ccc3o2)cn1.O=C(O)C(F)(F)F. The minimum atomic E-state index is -5.08. The number of carbonyl (C=O) groups excluding carboxylic acids is 1. The second-order valence-corrected chi connectivity index (χ2v) is 7.30. The minimum Gasteiger partial charge on any atom is -0.475 e. The van der Waals surface area contributed by atoms with Gasteiger partial charge in [-0.15, -0.1) is 0 Å². The number of carboxylic acids is 1. The van der Waals surface area contributed by atoms with Gasteiger partial charge in [-0.25, -0.2) is 20.2 Å². The molecule has 3 N–H and O–H groups in total. The van der Waals surface area contributed by atoms with Crippen molar-refractivity contribution in [2.45, 2.75) is 25.1 Å². The van der Waals surface area contributed by atoms with E-state index in [4.69, 9.17) is 24.3 Å². The number of fused-ring (bicyclic) bond motifs is 1. The van der Waals surface area contributed by atoms with Gasteiger partial charge in [-0.1, -0.05) is 0 Å². The normalized spacial score (nSPS) is 15.7. The summed E-state index contributed by atoms with van der Waals surface area (Å²) in [4.78, 5) is 31.7. The Kier molecular flexibility index (Phi) is 7.68. The summed E-state index contributed by atoms with van der Waals surface area (Å²) in [5, 5.41) is 15.9. The molecule has 0 radical (unpaired) electrons. The molecule has 0 spiro atoms. The summed E-state index contributed by atoms with van der Waals surface area (Å²) < 4.78 is 42.8. The van der Waals surface area contributed by atoms with Crippen LogP contribution in [0.5, 0.6) is 0 Å². The number of nitrogens with zero attached hydrogens (tertiary/aromatic N) is 3. The molecular weight excluding hydrogens is 461 g/mol. The number of hydrogen-bond acceptors (Lipinski definition) is 8. The molecular formula is C21H21F3N4O6. The first-order valence-electron chi connectivity index (χ1n) is 10.0. The lowest BCUT2D eigenvalue weighted by Gasteiger charge is -2.25. The predicted molar refractivity (Wildman–Crippen MR) is 112 cm³/mol. The van der Waals surface area contributed by atoms with Crippen LogP contribution in [0.15, 0.2) is 40.9 Å². The lowest BCUT2D eigenvalue weighted by molar-refractivity contribution is -0.192. The van der Waals surface area contributed by atoms with Crippen molar-refractivity contribution >= 4 is 28.8 Å². The number of hydrogen-bond donors (Lipinski definition) is 3. The van der Waals surface area contributed by atoms with Gasteiger partial charge < -0.3 is 19.2 Å². The van der Waals surface area contributed by atoms with Gasteiger partial charge in [0, 0.05) is 25.4 Å². The van der Waals surface area contributed by atoms with Gasteiger partial charge in [0.05, 0.1) is 18.2 Å². The van der Waals surface area contributed by atoms with Gasteiger partial charge >= 0.3 is 12.1 Å². The number of ether oxygens (including phenoxy) is 1. The molecule has 1 aliphatic rings. The molecule has 34 heavy (non-hydrogen) atoms. The molecule has 1 aliphatic heterocycles. The fraction of sp³-hybridized carbons (Fsp3) is 0.333. The number of aromatic nitrogens is 2. The van der Waals surface area contributed by atoms with Crippen LogP contribution < -0.4 is 10.4 Å². The molecule has 0 bridgehead atoms. The summed E-state index contributed by atoms with van der Waals surface area (Å²) in [6.07, 6.45) is -1.11. The zero-order valence-corrected chi connectivity index (χ0v) is 17.9. The van der Waals surface area contributed by atoms with E-state index in [0.717, 1.165) is 30.8 Å². The monoisotopic (exact) mass is 482 g/mol. The third kappa shape index (κ3) is 5.80. The van der Waals surface area contributed by atoms with Crippen LogP contribution in [0.25, 0.3) is 22.6 Å². The Bertz CT molecular complexity index is 1150. The third-order valence-electron chi connectivity index (χ3n) is 5.02. The number of pyridine rings is 1. The first-order chi connectivity index (χ1) is 16.1. The topological polar surface area (TPSA) is 138 Å². The average molecular weight is 482 g/mol. The van der Waals surface area contributed by atoms with Crippen molar-refractivity contribution in [3.63, 3.8) is 0 Å². The van der Waals surface area contributed by atoms with Crippen LogP contribution in [0.4, 0.5) is 19.0 Å². The van der Waals surface area contributed by atoms with E-state index in [1.165, 1.54) is 0 Å². The molecule has 4 rings (SSSR count). The largest absolute Gasteiger partial charge is 0.490 e. The van der Waals surface area contributed by atoms with E-state index in [-0.39, 0.29) is 0 Å². The number of carbonyl (C=O) groups is 2. The highest BCUT2D eigenvalue weighted by Crippen LogP contribution is 2.28. The number of oxazole rings is 1. The Hall–Kier alpha value is -3.71. The van der Waals surface area contributed by atoms with Gasteiger partial charge in [-0.3, -0.25) is 10.0 Å². The summed E-state index contributed by atoms with van der Waals surface area (Å²) in [7, 11) is 1.72.